The number of hydrogen-bond donors (Lipinski definition) is 5. The molecule has 0 radical (unpaired) electrons. The van der Waals surface area contributed by atoms with Crippen LogP contribution in [0, 0.1) is 28.6 Å². The minimum absolute atomic E-state index is 0.0100. The summed E-state index contributed by atoms with van der Waals surface area (Å²) in [7, 11) is 0. The third-order valence-corrected chi connectivity index (χ3v) is 10.8. The number of aromatic hydroxyl groups is 2. The summed E-state index contributed by atoms with van der Waals surface area (Å²) in [6.45, 7) is 3.59. The van der Waals surface area contributed by atoms with Crippen molar-refractivity contribution in [1.82, 2.24) is 5.32 Å². The van der Waals surface area contributed by atoms with Gasteiger partial charge in [0.2, 0.25) is 11.7 Å². The highest BCUT2D eigenvalue weighted by Crippen LogP contribution is 2.67. The number of esters is 1. The zero-order valence-electron chi connectivity index (χ0n) is 24.7. The Morgan fingerprint density at radius 2 is 1.86 bits per heavy atom. The van der Waals surface area contributed by atoms with Crippen LogP contribution in [0.3, 0.4) is 0 Å². The van der Waals surface area contributed by atoms with Crippen LogP contribution in [0.2, 0.25) is 0 Å². The van der Waals surface area contributed by atoms with Crippen molar-refractivity contribution >= 4 is 23.4 Å². The van der Waals surface area contributed by atoms with Gasteiger partial charge in [-0.2, -0.15) is 0 Å². The lowest BCUT2D eigenvalue weighted by Crippen LogP contribution is -2.61. The number of allylic oxidation sites excluding steroid dienone is 4. The molecular weight excluding hydrogens is 554 g/mol. The van der Waals surface area contributed by atoms with E-state index < -0.39 is 40.9 Å². The van der Waals surface area contributed by atoms with E-state index in [1.165, 1.54) is 12.1 Å². The predicted molar refractivity (Wildman–Crippen MR) is 155 cm³/mol. The number of nitrogens with one attached hydrogen (secondary N) is 1. The molecule has 4 aliphatic rings. The number of amides is 1. The van der Waals surface area contributed by atoms with E-state index in [2.05, 4.69) is 12.2 Å². The van der Waals surface area contributed by atoms with Gasteiger partial charge < -0.3 is 30.5 Å². The van der Waals surface area contributed by atoms with Crippen molar-refractivity contribution in [1.29, 1.82) is 0 Å². The van der Waals surface area contributed by atoms with Crippen molar-refractivity contribution in [2.75, 3.05) is 13.2 Å². The van der Waals surface area contributed by atoms with Crippen LogP contribution < -0.4 is 5.32 Å². The van der Waals surface area contributed by atoms with Crippen LogP contribution >= 0.6 is 0 Å². The molecule has 4 aliphatic carbocycles. The molecule has 7 atom stereocenters. The van der Waals surface area contributed by atoms with E-state index in [0.29, 0.717) is 12.8 Å². The number of aliphatic hydroxyl groups excluding tert-OH is 1. The number of aliphatic hydroxyl groups is 2. The van der Waals surface area contributed by atoms with Crippen LogP contribution in [0.15, 0.2) is 42.0 Å². The highest BCUT2D eigenvalue weighted by atomic mass is 16.5. The van der Waals surface area contributed by atoms with Crippen molar-refractivity contribution < 1.29 is 44.3 Å². The molecule has 0 bridgehead atoms. The Hall–Kier alpha value is -3.50. The van der Waals surface area contributed by atoms with Gasteiger partial charge in [0.1, 0.15) is 5.60 Å². The van der Waals surface area contributed by atoms with Gasteiger partial charge in [-0.25, -0.2) is 0 Å². The summed E-state index contributed by atoms with van der Waals surface area (Å²) in [5.74, 6) is -2.27. The summed E-state index contributed by atoms with van der Waals surface area (Å²) in [6.07, 6.45) is 7.00. The number of Topliss-reactive ketones (excluding diaryl/α,β-unsaturated/α-hetero) is 1. The minimum Gasteiger partial charge on any atom is -0.504 e. The number of ether oxygens (including phenoxy) is 1. The van der Waals surface area contributed by atoms with E-state index in [4.69, 9.17) is 4.74 Å². The summed E-state index contributed by atoms with van der Waals surface area (Å²) < 4.78 is 5.19. The first-order chi connectivity index (χ1) is 20.3. The van der Waals surface area contributed by atoms with Gasteiger partial charge in [-0.05, 0) is 80.2 Å². The highest BCUT2D eigenvalue weighted by Gasteiger charge is 2.68. The second-order valence-corrected chi connectivity index (χ2v) is 13.1. The number of fused-ring (bicyclic) bond motifs is 5. The average Bonchev–Trinajstić information content (AvgIpc) is 3.23. The van der Waals surface area contributed by atoms with Gasteiger partial charge in [-0.1, -0.05) is 31.6 Å². The maximum atomic E-state index is 13.4. The number of benzene rings is 1. The fraction of sp³-hybridized carbons (Fsp3) is 0.576. The third-order valence-electron chi connectivity index (χ3n) is 10.8. The van der Waals surface area contributed by atoms with Gasteiger partial charge in [0, 0.05) is 29.7 Å². The molecule has 0 aliphatic heterocycles. The van der Waals surface area contributed by atoms with Crippen LogP contribution in [0.5, 0.6) is 11.5 Å². The van der Waals surface area contributed by atoms with Crippen LogP contribution in [0.25, 0.3) is 0 Å². The predicted octanol–water partition coefficient (Wildman–Crippen LogP) is 2.66. The normalized spacial score (nSPS) is 34.4. The molecular formula is C33H41NO9. The molecule has 1 aromatic carbocycles. The molecule has 1 amide bonds. The van der Waals surface area contributed by atoms with Gasteiger partial charge in [0.25, 0.3) is 0 Å². The quantitative estimate of drug-likeness (QED) is 0.213. The van der Waals surface area contributed by atoms with Crippen molar-refractivity contribution in [3.63, 3.8) is 0 Å². The Bertz CT molecular complexity index is 1380. The average molecular weight is 596 g/mol. The first-order valence-electron chi connectivity index (χ1n) is 15.1. The summed E-state index contributed by atoms with van der Waals surface area (Å²) in [5, 5.41) is 44.9. The van der Waals surface area contributed by atoms with Gasteiger partial charge in [0.15, 0.2) is 23.9 Å². The SMILES string of the molecule is C[C@]12C=CC(=O)C=C1CC[C@@H]1[C@H]2[C@@H](O)C[C@@]2(C)[C@H]1CC[C@@]2(O)C(=O)COC(=O)CCC(=O)NCCc1ccc(O)c(O)c1. The number of phenols is 2. The molecule has 0 aromatic heterocycles. The highest BCUT2D eigenvalue weighted by molar-refractivity contribution is 6.01. The second kappa shape index (κ2) is 11.5. The summed E-state index contributed by atoms with van der Waals surface area (Å²) >= 11 is 0. The fourth-order valence-electron chi connectivity index (χ4n) is 8.50. The van der Waals surface area contributed by atoms with E-state index in [1.807, 2.05) is 13.0 Å². The maximum absolute atomic E-state index is 13.4. The molecule has 5 N–H and O–H groups in total. The molecule has 5 rings (SSSR count). The molecule has 0 heterocycles. The van der Waals surface area contributed by atoms with E-state index in [9.17, 15) is 39.6 Å². The molecule has 43 heavy (non-hydrogen) atoms. The Morgan fingerprint density at radius 3 is 2.60 bits per heavy atom. The van der Waals surface area contributed by atoms with Crippen molar-refractivity contribution in [2.24, 2.45) is 28.6 Å². The number of phenolic OH excluding ortho intramolecular Hbond substituents is 2. The fourth-order valence-corrected chi connectivity index (χ4v) is 8.50. The summed E-state index contributed by atoms with van der Waals surface area (Å²) in [5.41, 5.74) is -1.34. The lowest BCUT2D eigenvalue weighted by molar-refractivity contribution is -0.181. The first-order valence-corrected chi connectivity index (χ1v) is 15.1. The van der Waals surface area contributed by atoms with Crippen molar-refractivity contribution in [2.45, 2.75) is 76.9 Å². The maximum Gasteiger partial charge on any atom is 0.306 e. The number of carbonyl (C=O) groups excluding carboxylic acids is 4. The van der Waals surface area contributed by atoms with Crippen LogP contribution in [-0.4, -0.2) is 68.7 Å². The number of rotatable bonds is 9. The van der Waals surface area contributed by atoms with Crippen LogP contribution in [0.1, 0.15) is 64.4 Å². The Kier molecular flexibility index (Phi) is 8.30. The molecule has 232 valence electrons. The Balaban J connectivity index is 1.13. The Labute approximate surface area is 250 Å². The van der Waals surface area contributed by atoms with Crippen LogP contribution in [0.4, 0.5) is 0 Å². The zero-order chi connectivity index (χ0) is 31.2. The molecule has 3 saturated carbocycles. The summed E-state index contributed by atoms with van der Waals surface area (Å²) in [6, 6.07) is 4.40. The van der Waals surface area contributed by atoms with Gasteiger partial charge in [-0.3, -0.25) is 19.2 Å². The van der Waals surface area contributed by atoms with E-state index in [0.717, 1.165) is 24.0 Å². The van der Waals surface area contributed by atoms with E-state index in [1.54, 1.807) is 18.2 Å². The lowest BCUT2D eigenvalue weighted by atomic mass is 9.46. The first kappa shape index (κ1) is 30.9. The number of ketones is 2. The topological polar surface area (TPSA) is 170 Å². The number of hydrogen-bond acceptors (Lipinski definition) is 9. The van der Waals surface area contributed by atoms with Gasteiger partial charge >= 0.3 is 5.97 Å². The second-order valence-electron chi connectivity index (χ2n) is 13.1. The lowest BCUT2D eigenvalue weighted by Gasteiger charge is -2.59. The molecule has 0 unspecified atom stereocenters. The largest absolute Gasteiger partial charge is 0.504 e. The molecule has 0 spiro atoms. The minimum atomic E-state index is -1.75. The standard InChI is InChI=1S/C33H41NO9/c1-31-12-9-21(35)16-20(31)4-5-22-23-10-13-33(42,32(23,2)17-26(38)30(22)31)27(39)18-43-29(41)8-7-28(40)34-14-11-19-3-6-24(36)25(37)15-19/h3,6,9,12,15-16,22-23,26,30,36-38,42H,4-5,7-8,10-11,13-14,17-18H2,1-2H3,(H,34,40)/t22-,23-,26-,30-,31-,32-,33+/m0/s1. The van der Waals surface area contributed by atoms with E-state index in [-0.39, 0.29) is 73.2 Å². The molecule has 3 fully saturated rings. The molecule has 10 heteroatoms. The van der Waals surface area contributed by atoms with E-state index >= 15 is 0 Å². The monoisotopic (exact) mass is 595 g/mol. The van der Waals surface area contributed by atoms with Crippen LogP contribution in [-0.2, 0) is 30.3 Å². The van der Waals surface area contributed by atoms with Crippen molar-refractivity contribution in [3.8, 4) is 11.5 Å². The van der Waals surface area contributed by atoms with Gasteiger partial charge in [0.05, 0.1) is 12.5 Å². The zero-order valence-corrected chi connectivity index (χ0v) is 24.7. The Morgan fingerprint density at radius 1 is 1.09 bits per heavy atom. The third kappa shape index (κ3) is 5.51. The van der Waals surface area contributed by atoms with Gasteiger partial charge in [-0.15, -0.1) is 0 Å². The number of carbonyl (C=O) groups is 4. The smallest absolute Gasteiger partial charge is 0.306 e. The molecule has 1 aromatic rings. The molecule has 0 saturated heterocycles. The molecule has 10 nitrogen and oxygen atoms in total. The van der Waals surface area contributed by atoms with Crippen molar-refractivity contribution in [3.05, 3.63) is 47.6 Å². The summed E-state index contributed by atoms with van der Waals surface area (Å²) in [4.78, 5) is 50.0.